The zero-order valence-electron chi connectivity index (χ0n) is 41.4. The monoisotopic (exact) mass is 968 g/mol. The summed E-state index contributed by atoms with van der Waals surface area (Å²) in [6, 6.07) is 8.72. The van der Waals surface area contributed by atoms with E-state index in [4.69, 9.17) is 33.2 Å². The number of carbonyl (C=O) groups excluding carboxylic acids is 8. The first-order valence-electron chi connectivity index (χ1n) is 22.8. The molecule has 0 unspecified atom stereocenters. The van der Waals surface area contributed by atoms with Crippen LogP contribution < -0.4 is 37.2 Å². The second kappa shape index (κ2) is 32.1. The molecule has 22 heteroatoms. The summed E-state index contributed by atoms with van der Waals surface area (Å²) >= 11 is 0. The molecule has 0 fully saturated rings. The van der Waals surface area contributed by atoms with E-state index in [9.17, 15) is 38.4 Å². The minimum Gasteiger partial charge on any atom is -0.454 e. The fraction of sp³-hybridized carbons (Fsp3) is 0.696. The second-order valence-corrected chi connectivity index (χ2v) is 18.6. The predicted molar refractivity (Wildman–Crippen MR) is 249 cm³/mol. The van der Waals surface area contributed by atoms with Gasteiger partial charge in [0, 0.05) is 58.5 Å². The average molecular weight is 968 g/mol. The molecule has 0 atom stereocenters. The van der Waals surface area contributed by atoms with Crippen LogP contribution in [0.2, 0.25) is 0 Å². The third-order valence-electron chi connectivity index (χ3n) is 8.36. The van der Waals surface area contributed by atoms with Gasteiger partial charge < -0.3 is 70.4 Å². The number of carbonyl (C=O) groups is 8. The highest BCUT2D eigenvalue weighted by Gasteiger charge is 2.36. The van der Waals surface area contributed by atoms with Gasteiger partial charge in [0.25, 0.3) is 0 Å². The number of alkyl carbamates (subject to hydrolysis) is 3. The van der Waals surface area contributed by atoms with E-state index in [1.807, 2.05) is 0 Å². The zero-order valence-corrected chi connectivity index (χ0v) is 41.4. The number of nitrogens with one attached hydrogen (secondary N) is 7. The van der Waals surface area contributed by atoms with Gasteiger partial charge >= 0.3 is 30.2 Å². The van der Waals surface area contributed by atoms with Gasteiger partial charge in [-0.25, -0.2) is 19.2 Å². The number of amides is 7. The molecule has 22 nitrogen and oxygen atoms in total. The first-order valence-corrected chi connectivity index (χ1v) is 22.8. The summed E-state index contributed by atoms with van der Waals surface area (Å²) in [6.07, 6.45) is -0.685. The molecule has 1 rings (SSSR count). The largest absolute Gasteiger partial charge is 0.454 e. The van der Waals surface area contributed by atoms with Crippen LogP contribution in [-0.2, 0) is 63.7 Å². The van der Waals surface area contributed by atoms with Gasteiger partial charge in [0.05, 0.1) is 39.6 Å². The molecule has 68 heavy (non-hydrogen) atoms. The maximum Gasteiger partial charge on any atom is 0.407 e. The summed E-state index contributed by atoms with van der Waals surface area (Å²) in [7, 11) is 0. The first-order chi connectivity index (χ1) is 31.9. The van der Waals surface area contributed by atoms with Crippen LogP contribution in [-0.4, -0.2) is 149 Å². The molecule has 0 saturated heterocycles. The van der Waals surface area contributed by atoms with Crippen LogP contribution in [0.5, 0.6) is 0 Å². The van der Waals surface area contributed by atoms with Gasteiger partial charge in [-0.3, -0.25) is 19.2 Å². The molecule has 7 amide bonds. The smallest absolute Gasteiger partial charge is 0.407 e. The number of ether oxygens (including phenoxy) is 7. The molecule has 0 aromatic heterocycles. The van der Waals surface area contributed by atoms with Crippen molar-refractivity contribution in [3.05, 3.63) is 35.9 Å². The highest BCUT2D eigenvalue weighted by Crippen LogP contribution is 2.12. The molecule has 0 spiro atoms. The summed E-state index contributed by atoms with van der Waals surface area (Å²) in [5.41, 5.74) is -2.89. The number of benzene rings is 1. The molecule has 0 heterocycles. The van der Waals surface area contributed by atoms with Gasteiger partial charge in [0.2, 0.25) is 17.7 Å². The summed E-state index contributed by atoms with van der Waals surface area (Å²) in [4.78, 5) is 99.9. The molecule has 1 aromatic carbocycles. The quantitative estimate of drug-likeness (QED) is 0.0253. The van der Waals surface area contributed by atoms with Crippen molar-refractivity contribution in [2.24, 2.45) is 0 Å². The Balaban J connectivity index is 2.97. The zero-order chi connectivity index (χ0) is 51.1. The van der Waals surface area contributed by atoms with Crippen LogP contribution >= 0.6 is 0 Å². The van der Waals surface area contributed by atoms with Crippen LogP contribution in [0.3, 0.4) is 0 Å². The average Bonchev–Trinajstić information content (AvgIpc) is 3.22. The minimum absolute atomic E-state index is 0.0920. The normalized spacial score (nSPS) is 11.6. The fourth-order valence-electron chi connectivity index (χ4n) is 5.34. The highest BCUT2D eigenvalue weighted by molar-refractivity contribution is 6.32. The lowest BCUT2D eigenvalue weighted by atomic mass is 10.0. The third kappa shape index (κ3) is 33.7. The molecule has 0 saturated carbocycles. The lowest BCUT2D eigenvalue weighted by Gasteiger charge is -2.34. The predicted octanol–water partition coefficient (Wildman–Crippen LogP) is 2.90. The van der Waals surface area contributed by atoms with E-state index in [2.05, 4.69) is 37.2 Å². The summed E-state index contributed by atoms with van der Waals surface area (Å²) < 4.78 is 38.5. The van der Waals surface area contributed by atoms with E-state index in [0.717, 1.165) is 0 Å². The fourth-order valence-corrected chi connectivity index (χ4v) is 5.34. The number of esters is 1. The van der Waals surface area contributed by atoms with E-state index < -0.39 is 52.5 Å². The molecule has 0 aliphatic heterocycles. The summed E-state index contributed by atoms with van der Waals surface area (Å²) in [5, 5.41) is 18.7. The summed E-state index contributed by atoms with van der Waals surface area (Å²) in [6.45, 7) is 15.7. The number of rotatable bonds is 30. The Labute approximate surface area is 400 Å². The maximum absolute atomic E-state index is 13.4. The lowest BCUT2D eigenvalue weighted by molar-refractivity contribution is -0.158. The third-order valence-corrected chi connectivity index (χ3v) is 8.36. The Bertz CT molecular complexity index is 1570. The van der Waals surface area contributed by atoms with Crippen LogP contribution in [0.4, 0.5) is 14.4 Å². The topological polar surface area (TPSA) is 285 Å². The molecular weight excluding hydrogens is 891 g/mol. The maximum atomic E-state index is 13.4. The van der Waals surface area contributed by atoms with Crippen molar-refractivity contribution < 1.29 is 71.5 Å². The van der Waals surface area contributed by atoms with Crippen LogP contribution in [0.15, 0.2) is 30.3 Å². The Morgan fingerprint density at radius 1 is 0.456 bits per heavy atom. The Morgan fingerprint density at radius 3 is 1.10 bits per heavy atom. The molecule has 1 aromatic rings. The van der Waals surface area contributed by atoms with E-state index in [1.165, 1.54) is 0 Å². The van der Waals surface area contributed by atoms with Crippen molar-refractivity contribution in [2.75, 3.05) is 78.9 Å². The molecule has 0 aliphatic rings. The number of hydrogen-bond acceptors (Lipinski definition) is 15. The Kier molecular flexibility index (Phi) is 28.4. The van der Waals surface area contributed by atoms with E-state index in [1.54, 1.807) is 92.6 Å². The Hall–Kier alpha value is -5.74. The molecule has 7 N–H and O–H groups in total. The standard InChI is InChI=1S/C46H77N7O15/c1-43(2,3)66-40(59)50-24-13-21-47-35(54)18-27-62-31-46(53-38(57)39(58)65-30-34-16-11-10-12-17-34,32-63-28-19-36(55)48-22-14-25-51-41(60)67-44(4,5)6)33-64-29-20-37(56)49-23-15-26-52-42(61)68-45(7,8)9/h10-12,16-17H,13-15,18-33H2,1-9H3,(H,47,54)(H,48,55)(H,49,56)(H,50,59)(H,51,60)(H,52,61)(H,53,57). The van der Waals surface area contributed by atoms with Crippen molar-refractivity contribution in [1.29, 1.82) is 0 Å². The van der Waals surface area contributed by atoms with E-state index in [-0.39, 0.29) is 123 Å². The summed E-state index contributed by atoms with van der Waals surface area (Å²) in [5.74, 6) is -3.42. The van der Waals surface area contributed by atoms with Gasteiger partial charge in [0.1, 0.15) is 28.9 Å². The van der Waals surface area contributed by atoms with Gasteiger partial charge in [-0.1, -0.05) is 30.3 Å². The van der Waals surface area contributed by atoms with Crippen LogP contribution in [0, 0.1) is 0 Å². The minimum atomic E-state index is -1.60. The first kappa shape index (κ1) is 60.3. The molecule has 0 aliphatic carbocycles. The van der Waals surface area contributed by atoms with Crippen molar-refractivity contribution in [3.63, 3.8) is 0 Å². The Morgan fingerprint density at radius 2 is 0.779 bits per heavy atom. The van der Waals surface area contributed by atoms with Crippen molar-refractivity contribution in [1.82, 2.24) is 37.2 Å². The van der Waals surface area contributed by atoms with Crippen molar-refractivity contribution in [3.8, 4) is 0 Å². The van der Waals surface area contributed by atoms with Crippen molar-refractivity contribution >= 4 is 47.9 Å². The van der Waals surface area contributed by atoms with Gasteiger partial charge in [-0.2, -0.15) is 0 Å². The van der Waals surface area contributed by atoms with Crippen molar-refractivity contribution in [2.45, 2.75) is 130 Å². The van der Waals surface area contributed by atoms with Gasteiger partial charge in [0.15, 0.2) is 0 Å². The van der Waals surface area contributed by atoms with Gasteiger partial charge in [-0.15, -0.1) is 0 Å². The van der Waals surface area contributed by atoms with E-state index >= 15 is 0 Å². The second-order valence-electron chi connectivity index (χ2n) is 18.6. The highest BCUT2D eigenvalue weighted by atomic mass is 16.6. The SMILES string of the molecule is CC(C)(C)OC(=O)NCCCNC(=O)CCOCC(COCCC(=O)NCCCNC(=O)OC(C)(C)C)(COCCC(=O)NCCCNC(=O)OC(C)(C)C)NC(=O)C(=O)OCc1ccccc1. The molecular formula is C46H77N7O15. The van der Waals surface area contributed by atoms with Gasteiger partial charge in [-0.05, 0) is 87.1 Å². The number of hydrogen-bond donors (Lipinski definition) is 7. The molecule has 0 radical (unpaired) electrons. The van der Waals surface area contributed by atoms with Crippen LogP contribution in [0.25, 0.3) is 0 Å². The lowest BCUT2D eigenvalue weighted by Crippen LogP contribution is -2.60. The molecule has 0 bridgehead atoms. The molecule has 386 valence electrons. The van der Waals surface area contributed by atoms with Crippen LogP contribution in [0.1, 0.15) is 106 Å². The van der Waals surface area contributed by atoms with E-state index in [0.29, 0.717) is 24.8 Å².